The average molecular weight is 272 g/mol. The number of aryl methyl sites for hydroxylation is 1. The van der Waals surface area contributed by atoms with Crippen molar-refractivity contribution in [2.75, 3.05) is 0 Å². The molecule has 90 valence electrons. The van der Waals surface area contributed by atoms with E-state index < -0.39 is 0 Å². The molecule has 0 unspecified atom stereocenters. The summed E-state index contributed by atoms with van der Waals surface area (Å²) in [6.45, 7) is 2.09. The lowest BCUT2D eigenvalue weighted by molar-refractivity contribution is 0.304. The minimum Gasteiger partial charge on any atom is -0.486 e. The van der Waals surface area contributed by atoms with Crippen LogP contribution in [0.2, 0.25) is 0 Å². The first kappa shape index (κ1) is 12.3. The van der Waals surface area contributed by atoms with Crippen LogP contribution in [0.15, 0.2) is 23.6 Å². The van der Waals surface area contributed by atoms with Gasteiger partial charge in [-0.15, -0.1) is 22.9 Å². The van der Waals surface area contributed by atoms with Gasteiger partial charge >= 0.3 is 0 Å². The topological polar surface area (TPSA) is 22.1 Å². The van der Waals surface area contributed by atoms with Crippen molar-refractivity contribution in [2.24, 2.45) is 0 Å². The van der Waals surface area contributed by atoms with Gasteiger partial charge in [0.15, 0.2) is 0 Å². The number of ether oxygens (including phenoxy) is 1. The molecule has 0 saturated carbocycles. The van der Waals surface area contributed by atoms with E-state index in [1.165, 1.54) is 17.4 Å². The Morgan fingerprint density at radius 2 is 2.29 bits per heavy atom. The minimum absolute atomic E-state index is 0.226. The van der Waals surface area contributed by atoms with E-state index in [1.807, 2.05) is 5.38 Å². The second-order valence-electron chi connectivity index (χ2n) is 3.57. The zero-order chi connectivity index (χ0) is 12.3. The molecule has 1 aromatic carbocycles. The Kier molecular flexibility index (Phi) is 3.97. The van der Waals surface area contributed by atoms with E-state index in [9.17, 15) is 4.39 Å². The van der Waals surface area contributed by atoms with E-state index in [0.29, 0.717) is 23.8 Å². The van der Waals surface area contributed by atoms with Gasteiger partial charge in [0.2, 0.25) is 0 Å². The van der Waals surface area contributed by atoms with E-state index >= 15 is 0 Å². The highest BCUT2D eigenvalue weighted by molar-refractivity contribution is 7.09. The van der Waals surface area contributed by atoms with E-state index in [1.54, 1.807) is 19.1 Å². The molecule has 5 heteroatoms. The van der Waals surface area contributed by atoms with E-state index in [0.717, 1.165) is 10.7 Å². The van der Waals surface area contributed by atoms with Crippen LogP contribution >= 0.6 is 22.9 Å². The van der Waals surface area contributed by atoms with Gasteiger partial charge < -0.3 is 4.74 Å². The molecule has 0 aliphatic rings. The Labute approximate surface area is 108 Å². The molecule has 2 aromatic rings. The summed E-state index contributed by atoms with van der Waals surface area (Å²) in [5.41, 5.74) is 1.42. The smallest absolute Gasteiger partial charge is 0.140 e. The van der Waals surface area contributed by atoms with Crippen molar-refractivity contribution in [1.82, 2.24) is 4.98 Å². The van der Waals surface area contributed by atoms with Crippen LogP contribution in [-0.4, -0.2) is 4.98 Å². The standard InChI is InChI=1S/C12H11ClFNOS/c1-8-4-10(2-3-11(8)14)16-6-12-15-9(5-13)7-17-12/h2-4,7H,5-6H2,1H3. The Morgan fingerprint density at radius 1 is 1.47 bits per heavy atom. The van der Waals surface area contributed by atoms with Crippen LogP contribution in [0.3, 0.4) is 0 Å². The number of aromatic nitrogens is 1. The van der Waals surface area contributed by atoms with Crippen molar-refractivity contribution in [1.29, 1.82) is 0 Å². The Hall–Kier alpha value is -1.13. The number of benzene rings is 1. The molecule has 0 fully saturated rings. The first-order valence-corrected chi connectivity index (χ1v) is 6.48. The molecule has 0 amide bonds. The normalized spacial score (nSPS) is 10.5. The van der Waals surface area contributed by atoms with Crippen molar-refractivity contribution in [2.45, 2.75) is 19.4 Å². The van der Waals surface area contributed by atoms with Gasteiger partial charge in [-0.2, -0.15) is 0 Å². The van der Waals surface area contributed by atoms with Crippen molar-refractivity contribution in [3.8, 4) is 5.75 Å². The van der Waals surface area contributed by atoms with Crippen molar-refractivity contribution in [3.05, 3.63) is 45.7 Å². The molecule has 0 radical (unpaired) electrons. The summed E-state index contributed by atoms with van der Waals surface area (Å²) < 4.78 is 18.6. The number of rotatable bonds is 4. The first-order valence-electron chi connectivity index (χ1n) is 5.07. The number of halogens is 2. The Morgan fingerprint density at radius 3 is 2.94 bits per heavy atom. The fourth-order valence-corrected chi connectivity index (χ4v) is 2.26. The van der Waals surface area contributed by atoms with Gasteiger partial charge in [0.25, 0.3) is 0 Å². The van der Waals surface area contributed by atoms with Crippen LogP contribution in [0.25, 0.3) is 0 Å². The number of alkyl halides is 1. The third-order valence-corrected chi connectivity index (χ3v) is 3.37. The van der Waals surface area contributed by atoms with Gasteiger partial charge in [-0.25, -0.2) is 9.37 Å². The van der Waals surface area contributed by atoms with Gasteiger partial charge in [-0.05, 0) is 30.7 Å². The Bertz CT molecular complexity index is 515. The molecule has 0 aliphatic carbocycles. The molecule has 2 rings (SSSR count). The van der Waals surface area contributed by atoms with Gasteiger partial charge in [-0.3, -0.25) is 0 Å². The fourth-order valence-electron chi connectivity index (χ4n) is 1.33. The lowest BCUT2D eigenvalue weighted by Gasteiger charge is -2.05. The van der Waals surface area contributed by atoms with Crippen LogP contribution in [-0.2, 0) is 12.5 Å². The van der Waals surface area contributed by atoms with Crippen LogP contribution in [0.4, 0.5) is 4.39 Å². The summed E-state index contributed by atoms with van der Waals surface area (Å²) in [5.74, 6) is 0.828. The predicted molar refractivity (Wildman–Crippen MR) is 67.1 cm³/mol. The maximum atomic E-state index is 13.0. The molecule has 0 N–H and O–H groups in total. The zero-order valence-electron chi connectivity index (χ0n) is 9.24. The predicted octanol–water partition coefficient (Wildman–Crippen LogP) is 3.91. The fraction of sp³-hybridized carbons (Fsp3) is 0.250. The van der Waals surface area contributed by atoms with E-state index in [-0.39, 0.29) is 5.82 Å². The third kappa shape index (κ3) is 3.17. The molecule has 0 saturated heterocycles. The summed E-state index contributed by atoms with van der Waals surface area (Å²) >= 11 is 7.16. The maximum Gasteiger partial charge on any atom is 0.140 e. The number of hydrogen-bond acceptors (Lipinski definition) is 3. The molecular weight excluding hydrogens is 261 g/mol. The van der Waals surface area contributed by atoms with Crippen molar-refractivity contribution in [3.63, 3.8) is 0 Å². The summed E-state index contributed by atoms with van der Waals surface area (Å²) in [6.07, 6.45) is 0. The average Bonchev–Trinajstić information content (AvgIpc) is 2.79. The SMILES string of the molecule is Cc1cc(OCc2nc(CCl)cs2)ccc1F. The molecule has 17 heavy (non-hydrogen) atoms. The van der Waals surface area contributed by atoms with Gasteiger partial charge in [0, 0.05) is 5.38 Å². The van der Waals surface area contributed by atoms with Gasteiger partial charge in [0.05, 0.1) is 11.6 Å². The van der Waals surface area contributed by atoms with Gasteiger partial charge in [-0.1, -0.05) is 0 Å². The molecule has 1 heterocycles. The largest absolute Gasteiger partial charge is 0.486 e. The summed E-state index contributed by atoms with van der Waals surface area (Å²) in [4.78, 5) is 4.27. The first-order chi connectivity index (χ1) is 8.19. The third-order valence-electron chi connectivity index (χ3n) is 2.23. The van der Waals surface area contributed by atoms with Gasteiger partial charge in [0.1, 0.15) is 23.2 Å². The zero-order valence-corrected chi connectivity index (χ0v) is 10.8. The molecule has 0 bridgehead atoms. The van der Waals surface area contributed by atoms with Crippen LogP contribution < -0.4 is 4.74 Å². The lowest BCUT2D eigenvalue weighted by Crippen LogP contribution is -1.96. The van der Waals surface area contributed by atoms with Crippen LogP contribution in [0, 0.1) is 12.7 Å². The number of nitrogens with zero attached hydrogens (tertiary/aromatic N) is 1. The van der Waals surface area contributed by atoms with Crippen LogP contribution in [0.5, 0.6) is 5.75 Å². The van der Waals surface area contributed by atoms with E-state index in [4.69, 9.17) is 16.3 Å². The molecule has 0 spiro atoms. The molecule has 1 aromatic heterocycles. The number of hydrogen-bond donors (Lipinski definition) is 0. The summed E-state index contributed by atoms with van der Waals surface area (Å²) in [5, 5.41) is 2.77. The highest BCUT2D eigenvalue weighted by Gasteiger charge is 2.03. The molecule has 0 aliphatic heterocycles. The number of thiazole rings is 1. The van der Waals surface area contributed by atoms with Crippen LogP contribution in [0.1, 0.15) is 16.3 Å². The maximum absolute atomic E-state index is 13.0. The quantitative estimate of drug-likeness (QED) is 0.787. The highest BCUT2D eigenvalue weighted by Crippen LogP contribution is 2.18. The molecule has 0 atom stereocenters. The molecule has 2 nitrogen and oxygen atoms in total. The van der Waals surface area contributed by atoms with Crippen molar-refractivity contribution >= 4 is 22.9 Å². The Balaban J connectivity index is 1.99. The van der Waals surface area contributed by atoms with E-state index in [2.05, 4.69) is 4.98 Å². The summed E-state index contributed by atoms with van der Waals surface area (Å²) in [6, 6.07) is 4.68. The second-order valence-corrected chi connectivity index (χ2v) is 4.78. The summed E-state index contributed by atoms with van der Waals surface area (Å²) in [7, 11) is 0. The monoisotopic (exact) mass is 271 g/mol. The second kappa shape index (κ2) is 5.47. The molecular formula is C12H11ClFNOS. The minimum atomic E-state index is -0.226. The lowest BCUT2D eigenvalue weighted by atomic mass is 10.2. The highest BCUT2D eigenvalue weighted by atomic mass is 35.5. The van der Waals surface area contributed by atoms with Crippen molar-refractivity contribution < 1.29 is 9.13 Å².